The van der Waals surface area contributed by atoms with Crippen LogP contribution in [0.25, 0.3) is 0 Å². The predicted molar refractivity (Wildman–Crippen MR) is 91.5 cm³/mol. The maximum atomic E-state index is 12.4. The third-order valence-corrected chi connectivity index (χ3v) is 3.43. The van der Waals surface area contributed by atoms with E-state index in [9.17, 15) is 9.59 Å². The molecule has 0 spiro atoms. The highest BCUT2D eigenvalue weighted by Gasteiger charge is 2.21. The molecule has 24 heavy (non-hydrogen) atoms. The van der Waals surface area contributed by atoms with Gasteiger partial charge in [-0.05, 0) is 31.2 Å². The first kappa shape index (κ1) is 17.3. The molecule has 2 aromatic carbocycles. The Kier molecular flexibility index (Phi) is 5.78. The lowest BCUT2D eigenvalue weighted by molar-refractivity contribution is -0.117. The fraction of sp³-hybridized carbons (Fsp3) is 0.222. The molecule has 126 valence electrons. The Hall–Kier alpha value is -3.02. The van der Waals surface area contributed by atoms with E-state index in [4.69, 9.17) is 9.47 Å². The van der Waals surface area contributed by atoms with Crippen molar-refractivity contribution in [3.8, 4) is 11.5 Å². The Labute approximate surface area is 140 Å². The standard InChI is InChI=1S/C18H20N2O4/c1-12(17(21)20-13-8-5-4-6-9-13)19-18(22)14-10-7-11-15(23-2)16(14)24-3/h4-12H,1-3H3,(H,19,22)(H,20,21). The van der Waals surface area contributed by atoms with Gasteiger partial charge in [0.15, 0.2) is 11.5 Å². The number of carbonyl (C=O) groups is 2. The van der Waals surface area contributed by atoms with Gasteiger partial charge in [-0.3, -0.25) is 9.59 Å². The summed E-state index contributed by atoms with van der Waals surface area (Å²) in [5, 5.41) is 5.40. The molecule has 0 bridgehead atoms. The molecular formula is C18H20N2O4. The molecular weight excluding hydrogens is 308 g/mol. The summed E-state index contributed by atoms with van der Waals surface area (Å²) in [6.45, 7) is 1.61. The number of carbonyl (C=O) groups excluding carboxylic acids is 2. The molecule has 0 saturated heterocycles. The second-order valence-corrected chi connectivity index (χ2v) is 5.09. The Morgan fingerprint density at radius 2 is 1.67 bits per heavy atom. The maximum Gasteiger partial charge on any atom is 0.255 e. The summed E-state index contributed by atoms with van der Waals surface area (Å²) in [4.78, 5) is 24.6. The van der Waals surface area contributed by atoms with E-state index in [1.165, 1.54) is 14.2 Å². The number of nitrogens with one attached hydrogen (secondary N) is 2. The first-order chi connectivity index (χ1) is 11.6. The second kappa shape index (κ2) is 8.01. The van der Waals surface area contributed by atoms with E-state index in [0.29, 0.717) is 22.7 Å². The summed E-state index contributed by atoms with van der Waals surface area (Å²) in [5.41, 5.74) is 0.971. The van der Waals surface area contributed by atoms with Gasteiger partial charge in [-0.25, -0.2) is 0 Å². The zero-order chi connectivity index (χ0) is 17.5. The molecule has 0 aromatic heterocycles. The van der Waals surface area contributed by atoms with E-state index in [1.54, 1.807) is 37.3 Å². The number of benzene rings is 2. The largest absolute Gasteiger partial charge is 0.493 e. The Bertz CT molecular complexity index is 716. The second-order valence-electron chi connectivity index (χ2n) is 5.09. The first-order valence-electron chi connectivity index (χ1n) is 7.44. The highest BCUT2D eigenvalue weighted by atomic mass is 16.5. The molecule has 0 aliphatic heterocycles. The number of para-hydroxylation sites is 2. The van der Waals surface area contributed by atoms with E-state index < -0.39 is 11.9 Å². The molecule has 0 aliphatic rings. The van der Waals surface area contributed by atoms with Crippen LogP contribution in [0, 0.1) is 0 Å². The number of rotatable bonds is 6. The number of amides is 2. The summed E-state index contributed by atoms with van der Waals surface area (Å²) in [5.74, 6) is 0.0533. The van der Waals surface area contributed by atoms with Crippen LogP contribution in [0.15, 0.2) is 48.5 Å². The minimum absolute atomic E-state index is 0.302. The van der Waals surface area contributed by atoms with E-state index in [0.717, 1.165) is 0 Å². The molecule has 0 heterocycles. The SMILES string of the molecule is COc1cccc(C(=O)NC(C)C(=O)Nc2ccccc2)c1OC. The van der Waals surface area contributed by atoms with E-state index in [-0.39, 0.29) is 5.91 Å². The third kappa shape index (κ3) is 4.04. The van der Waals surface area contributed by atoms with Crippen LogP contribution < -0.4 is 20.1 Å². The van der Waals surface area contributed by atoms with Crippen LogP contribution in [0.1, 0.15) is 17.3 Å². The van der Waals surface area contributed by atoms with Crippen molar-refractivity contribution in [1.82, 2.24) is 5.32 Å². The quantitative estimate of drug-likeness (QED) is 0.854. The molecule has 1 atom stereocenters. The molecule has 0 radical (unpaired) electrons. The molecule has 6 heteroatoms. The van der Waals surface area contributed by atoms with Crippen molar-refractivity contribution in [2.24, 2.45) is 0 Å². The van der Waals surface area contributed by atoms with Crippen LogP contribution in [0.4, 0.5) is 5.69 Å². The van der Waals surface area contributed by atoms with Gasteiger partial charge >= 0.3 is 0 Å². The fourth-order valence-corrected chi connectivity index (χ4v) is 2.18. The van der Waals surface area contributed by atoms with Crippen molar-refractivity contribution in [2.45, 2.75) is 13.0 Å². The van der Waals surface area contributed by atoms with Gasteiger partial charge in [0.2, 0.25) is 5.91 Å². The summed E-state index contributed by atoms with van der Waals surface area (Å²) < 4.78 is 10.4. The lowest BCUT2D eigenvalue weighted by atomic mass is 10.1. The summed E-state index contributed by atoms with van der Waals surface area (Å²) in [6.07, 6.45) is 0. The number of hydrogen-bond acceptors (Lipinski definition) is 4. The minimum Gasteiger partial charge on any atom is -0.493 e. The summed E-state index contributed by atoms with van der Waals surface area (Å²) in [6, 6.07) is 13.3. The monoisotopic (exact) mass is 328 g/mol. The van der Waals surface area contributed by atoms with Crippen LogP contribution in [0.5, 0.6) is 11.5 Å². The van der Waals surface area contributed by atoms with Crippen molar-refractivity contribution in [3.05, 3.63) is 54.1 Å². The van der Waals surface area contributed by atoms with Crippen molar-refractivity contribution in [3.63, 3.8) is 0 Å². The van der Waals surface area contributed by atoms with E-state index in [1.807, 2.05) is 18.2 Å². The fourth-order valence-electron chi connectivity index (χ4n) is 2.18. The predicted octanol–water partition coefficient (Wildman–Crippen LogP) is 2.46. The molecule has 0 saturated carbocycles. The third-order valence-electron chi connectivity index (χ3n) is 3.43. The van der Waals surface area contributed by atoms with Crippen LogP contribution in [0.3, 0.4) is 0 Å². The van der Waals surface area contributed by atoms with Crippen LogP contribution in [0.2, 0.25) is 0 Å². The summed E-state index contributed by atoms with van der Waals surface area (Å²) >= 11 is 0. The highest BCUT2D eigenvalue weighted by Crippen LogP contribution is 2.30. The van der Waals surface area contributed by atoms with E-state index >= 15 is 0 Å². The van der Waals surface area contributed by atoms with Gasteiger partial charge < -0.3 is 20.1 Å². The first-order valence-corrected chi connectivity index (χ1v) is 7.44. The van der Waals surface area contributed by atoms with Crippen molar-refractivity contribution in [1.29, 1.82) is 0 Å². The Balaban J connectivity index is 2.07. The molecule has 2 rings (SSSR count). The zero-order valence-electron chi connectivity index (χ0n) is 13.8. The molecule has 2 amide bonds. The van der Waals surface area contributed by atoms with Crippen molar-refractivity contribution >= 4 is 17.5 Å². The van der Waals surface area contributed by atoms with Crippen LogP contribution >= 0.6 is 0 Å². The van der Waals surface area contributed by atoms with Gasteiger partial charge in [0.1, 0.15) is 6.04 Å². The molecule has 6 nitrogen and oxygen atoms in total. The highest BCUT2D eigenvalue weighted by molar-refractivity contribution is 6.02. The number of anilines is 1. The molecule has 2 aromatic rings. The number of ether oxygens (including phenoxy) is 2. The smallest absolute Gasteiger partial charge is 0.255 e. The minimum atomic E-state index is -0.714. The Morgan fingerprint density at radius 1 is 0.958 bits per heavy atom. The average Bonchev–Trinajstić information content (AvgIpc) is 2.61. The maximum absolute atomic E-state index is 12.4. The summed E-state index contributed by atoms with van der Waals surface area (Å²) in [7, 11) is 2.95. The number of hydrogen-bond donors (Lipinski definition) is 2. The van der Waals surface area contributed by atoms with Gasteiger partial charge in [-0.15, -0.1) is 0 Å². The molecule has 0 aliphatic carbocycles. The Morgan fingerprint density at radius 3 is 2.29 bits per heavy atom. The van der Waals surface area contributed by atoms with Crippen LogP contribution in [-0.2, 0) is 4.79 Å². The molecule has 1 unspecified atom stereocenters. The van der Waals surface area contributed by atoms with Gasteiger partial charge in [0.05, 0.1) is 19.8 Å². The normalized spacial score (nSPS) is 11.3. The van der Waals surface area contributed by atoms with Crippen LogP contribution in [-0.4, -0.2) is 32.1 Å². The van der Waals surface area contributed by atoms with Gasteiger partial charge in [0.25, 0.3) is 5.91 Å². The van der Waals surface area contributed by atoms with Gasteiger partial charge in [-0.2, -0.15) is 0 Å². The zero-order valence-corrected chi connectivity index (χ0v) is 13.8. The van der Waals surface area contributed by atoms with Crippen molar-refractivity contribution < 1.29 is 19.1 Å². The van der Waals surface area contributed by atoms with Crippen molar-refractivity contribution in [2.75, 3.05) is 19.5 Å². The van der Waals surface area contributed by atoms with Gasteiger partial charge in [-0.1, -0.05) is 24.3 Å². The van der Waals surface area contributed by atoms with E-state index in [2.05, 4.69) is 10.6 Å². The number of methoxy groups -OCH3 is 2. The molecule has 0 fully saturated rings. The lowest BCUT2D eigenvalue weighted by Crippen LogP contribution is -2.41. The topological polar surface area (TPSA) is 76.7 Å². The lowest BCUT2D eigenvalue weighted by Gasteiger charge is -2.16. The molecule has 2 N–H and O–H groups in total. The average molecular weight is 328 g/mol. The van der Waals surface area contributed by atoms with Gasteiger partial charge in [0, 0.05) is 5.69 Å².